The number of rotatable bonds is 11. The first kappa shape index (κ1) is 26.2. The van der Waals surface area contributed by atoms with Crippen LogP contribution in [0.4, 0.5) is 4.39 Å². The molecule has 0 saturated carbocycles. The van der Waals surface area contributed by atoms with Gasteiger partial charge >= 0.3 is 0 Å². The second-order valence-electron chi connectivity index (χ2n) is 9.32. The standard InChI is InChI=1S/C29H30FN7O2/c1-3-27(28-33-34-35-37(28)18-20-7-9-24(30)10-8-20)36(17-21-6-5-13-31-16-21)19-23-14-22-15-25(39-4-2)11-12-26(22)32-29(23)38/h5-16,27H,3-4,17-19H2,1-2H3,(H,32,38). The molecule has 10 heteroatoms. The highest BCUT2D eigenvalue weighted by molar-refractivity contribution is 5.80. The van der Waals surface area contributed by atoms with Crippen molar-refractivity contribution in [3.8, 4) is 5.75 Å². The van der Waals surface area contributed by atoms with Crippen LogP contribution in [-0.2, 0) is 19.6 Å². The molecule has 0 fully saturated rings. The number of pyridine rings is 2. The van der Waals surface area contributed by atoms with Gasteiger partial charge in [0.2, 0.25) is 0 Å². The molecular formula is C29H30FN7O2. The summed E-state index contributed by atoms with van der Waals surface area (Å²) >= 11 is 0. The summed E-state index contributed by atoms with van der Waals surface area (Å²) in [7, 11) is 0. The van der Waals surface area contributed by atoms with E-state index in [0.29, 0.717) is 44.0 Å². The molecule has 9 nitrogen and oxygen atoms in total. The molecular weight excluding hydrogens is 497 g/mol. The van der Waals surface area contributed by atoms with E-state index in [1.165, 1.54) is 12.1 Å². The van der Waals surface area contributed by atoms with Crippen molar-refractivity contribution < 1.29 is 9.13 Å². The number of aromatic amines is 1. The SMILES string of the molecule is CCOc1ccc2[nH]c(=O)c(CN(Cc3cccnc3)C(CC)c3nnnn3Cc3ccc(F)cc3)cc2c1. The summed E-state index contributed by atoms with van der Waals surface area (Å²) in [4.78, 5) is 22.6. The minimum Gasteiger partial charge on any atom is -0.494 e. The van der Waals surface area contributed by atoms with E-state index in [9.17, 15) is 9.18 Å². The van der Waals surface area contributed by atoms with Gasteiger partial charge in [-0.15, -0.1) is 5.10 Å². The maximum atomic E-state index is 13.4. The summed E-state index contributed by atoms with van der Waals surface area (Å²) < 4.78 is 20.8. The van der Waals surface area contributed by atoms with E-state index >= 15 is 0 Å². The van der Waals surface area contributed by atoms with Crippen LogP contribution in [0, 0.1) is 5.82 Å². The molecule has 2 aromatic carbocycles. The van der Waals surface area contributed by atoms with E-state index in [2.05, 4.69) is 37.3 Å². The van der Waals surface area contributed by atoms with Gasteiger partial charge in [0.05, 0.1) is 19.2 Å². The maximum Gasteiger partial charge on any atom is 0.252 e. The molecule has 3 heterocycles. The Labute approximate surface area is 225 Å². The van der Waals surface area contributed by atoms with E-state index in [1.54, 1.807) is 23.0 Å². The van der Waals surface area contributed by atoms with E-state index in [1.807, 2.05) is 49.5 Å². The van der Waals surface area contributed by atoms with E-state index in [-0.39, 0.29) is 17.4 Å². The van der Waals surface area contributed by atoms with Crippen molar-refractivity contribution in [3.05, 3.63) is 112 Å². The lowest BCUT2D eigenvalue weighted by Crippen LogP contribution is -2.32. The molecule has 0 aliphatic heterocycles. The molecule has 0 radical (unpaired) electrons. The first-order valence-electron chi connectivity index (χ1n) is 13.0. The Hall–Kier alpha value is -4.44. The second kappa shape index (κ2) is 12.0. The number of aromatic nitrogens is 6. The van der Waals surface area contributed by atoms with Crippen LogP contribution in [0.2, 0.25) is 0 Å². The molecule has 0 bridgehead atoms. The van der Waals surface area contributed by atoms with Gasteiger partial charge in [0.15, 0.2) is 5.82 Å². The van der Waals surface area contributed by atoms with Crippen LogP contribution in [0.15, 0.2) is 77.9 Å². The first-order chi connectivity index (χ1) is 19.0. The van der Waals surface area contributed by atoms with Crippen molar-refractivity contribution in [2.75, 3.05) is 6.61 Å². The normalized spacial score (nSPS) is 12.2. The van der Waals surface area contributed by atoms with Gasteiger partial charge in [0.1, 0.15) is 11.6 Å². The molecule has 0 saturated heterocycles. The van der Waals surface area contributed by atoms with Crippen molar-refractivity contribution in [1.82, 2.24) is 35.1 Å². The molecule has 1 unspecified atom stereocenters. The number of nitrogens with zero attached hydrogens (tertiary/aromatic N) is 6. The average Bonchev–Trinajstić information content (AvgIpc) is 3.39. The van der Waals surface area contributed by atoms with Gasteiger partial charge in [-0.3, -0.25) is 14.7 Å². The molecule has 1 atom stereocenters. The molecule has 0 spiro atoms. The van der Waals surface area contributed by atoms with Gasteiger partial charge < -0.3 is 9.72 Å². The average molecular weight is 528 g/mol. The number of nitrogens with one attached hydrogen (secondary N) is 1. The third-order valence-corrected chi connectivity index (χ3v) is 6.62. The van der Waals surface area contributed by atoms with Gasteiger partial charge in [-0.1, -0.05) is 25.1 Å². The zero-order valence-electron chi connectivity index (χ0n) is 21.9. The highest BCUT2D eigenvalue weighted by Crippen LogP contribution is 2.27. The molecule has 5 rings (SSSR count). The number of hydrogen-bond acceptors (Lipinski definition) is 7. The van der Waals surface area contributed by atoms with Crippen molar-refractivity contribution in [2.24, 2.45) is 0 Å². The van der Waals surface area contributed by atoms with Gasteiger partial charge in [-0.2, -0.15) is 0 Å². The number of ether oxygens (including phenoxy) is 1. The summed E-state index contributed by atoms with van der Waals surface area (Å²) in [6, 6.07) is 17.6. The molecule has 39 heavy (non-hydrogen) atoms. The fourth-order valence-corrected chi connectivity index (χ4v) is 4.75. The summed E-state index contributed by atoms with van der Waals surface area (Å²) in [6.45, 7) is 5.86. The lowest BCUT2D eigenvalue weighted by atomic mass is 10.1. The summed E-state index contributed by atoms with van der Waals surface area (Å²) in [5.41, 5.74) is 3.11. The van der Waals surface area contributed by atoms with Gasteiger partial charge in [0.25, 0.3) is 5.56 Å². The van der Waals surface area contributed by atoms with Crippen LogP contribution in [0.1, 0.15) is 48.8 Å². The molecule has 5 aromatic rings. The van der Waals surface area contributed by atoms with Crippen LogP contribution in [0.5, 0.6) is 5.75 Å². The number of H-pyrrole nitrogens is 1. The highest BCUT2D eigenvalue weighted by atomic mass is 19.1. The quantitative estimate of drug-likeness (QED) is 0.267. The van der Waals surface area contributed by atoms with Crippen LogP contribution in [0.3, 0.4) is 0 Å². The highest BCUT2D eigenvalue weighted by Gasteiger charge is 2.26. The smallest absolute Gasteiger partial charge is 0.252 e. The largest absolute Gasteiger partial charge is 0.494 e. The van der Waals surface area contributed by atoms with Crippen LogP contribution < -0.4 is 10.3 Å². The topological polar surface area (TPSA) is 102 Å². The fraction of sp³-hybridized carbons (Fsp3) is 0.276. The van der Waals surface area contributed by atoms with Crippen LogP contribution in [0.25, 0.3) is 10.9 Å². The Morgan fingerprint density at radius 1 is 1.05 bits per heavy atom. The lowest BCUT2D eigenvalue weighted by molar-refractivity contribution is 0.161. The predicted octanol–water partition coefficient (Wildman–Crippen LogP) is 4.65. The van der Waals surface area contributed by atoms with E-state index in [4.69, 9.17) is 4.74 Å². The number of halogens is 1. The number of tetrazole rings is 1. The molecule has 0 amide bonds. The lowest BCUT2D eigenvalue weighted by Gasteiger charge is -2.30. The maximum absolute atomic E-state index is 13.4. The number of hydrogen-bond donors (Lipinski definition) is 1. The van der Waals surface area contributed by atoms with Crippen molar-refractivity contribution in [1.29, 1.82) is 0 Å². The van der Waals surface area contributed by atoms with Crippen molar-refractivity contribution >= 4 is 10.9 Å². The first-order valence-corrected chi connectivity index (χ1v) is 13.0. The van der Waals surface area contributed by atoms with Crippen molar-refractivity contribution in [3.63, 3.8) is 0 Å². The van der Waals surface area contributed by atoms with Gasteiger partial charge in [0, 0.05) is 41.9 Å². The number of benzene rings is 2. The Morgan fingerprint density at radius 2 is 1.90 bits per heavy atom. The number of fused-ring (bicyclic) bond motifs is 1. The van der Waals surface area contributed by atoms with Crippen LogP contribution in [-0.4, -0.2) is 41.7 Å². The summed E-state index contributed by atoms with van der Waals surface area (Å²) in [5.74, 6) is 1.13. The van der Waals surface area contributed by atoms with E-state index in [0.717, 1.165) is 27.8 Å². The molecule has 0 aliphatic rings. The minimum absolute atomic E-state index is 0.149. The van der Waals surface area contributed by atoms with Gasteiger partial charge in [-0.25, -0.2) is 9.07 Å². The monoisotopic (exact) mass is 527 g/mol. The van der Waals surface area contributed by atoms with Gasteiger partial charge in [-0.05, 0) is 77.4 Å². The Morgan fingerprint density at radius 3 is 2.64 bits per heavy atom. The summed E-state index contributed by atoms with van der Waals surface area (Å²) in [6.07, 6.45) is 4.25. The zero-order valence-corrected chi connectivity index (χ0v) is 21.9. The van der Waals surface area contributed by atoms with Crippen molar-refractivity contribution in [2.45, 2.75) is 45.9 Å². The van der Waals surface area contributed by atoms with Crippen LogP contribution >= 0.6 is 0 Å². The fourth-order valence-electron chi connectivity index (χ4n) is 4.75. The minimum atomic E-state index is -0.293. The Kier molecular flexibility index (Phi) is 8.02. The molecule has 200 valence electrons. The molecule has 0 aliphatic carbocycles. The molecule has 3 aromatic heterocycles. The predicted molar refractivity (Wildman–Crippen MR) is 146 cm³/mol. The Balaban J connectivity index is 1.50. The third kappa shape index (κ3) is 6.18. The van der Waals surface area contributed by atoms with E-state index < -0.39 is 0 Å². The zero-order chi connectivity index (χ0) is 27.2. The summed E-state index contributed by atoms with van der Waals surface area (Å²) in [5, 5.41) is 13.5. The second-order valence-corrected chi connectivity index (χ2v) is 9.32. The third-order valence-electron chi connectivity index (χ3n) is 6.62. The Bertz CT molecular complexity index is 1590. The molecule has 1 N–H and O–H groups in total.